The Morgan fingerprint density at radius 3 is 2.47 bits per heavy atom. The van der Waals surface area contributed by atoms with Crippen LogP contribution in [-0.4, -0.2) is 6.54 Å². The van der Waals surface area contributed by atoms with Gasteiger partial charge in [0.25, 0.3) is 0 Å². The van der Waals surface area contributed by atoms with Crippen molar-refractivity contribution in [1.29, 1.82) is 0 Å². The maximum atomic E-state index is 5.96. The number of rotatable bonds is 4. The van der Waals surface area contributed by atoms with E-state index < -0.39 is 0 Å². The van der Waals surface area contributed by atoms with Crippen LogP contribution in [0.5, 0.6) is 0 Å². The Balaban J connectivity index is 1.78. The van der Waals surface area contributed by atoms with Gasteiger partial charge in [0, 0.05) is 11.1 Å². The predicted octanol–water partition coefficient (Wildman–Crippen LogP) is 4.04. The lowest BCUT2D eigenvalue weighted by Gasteiger charge is -2.20. The molecule has 1 N–H and O–H groups in total. The largest absolute Gasteiger partial charge is 0.310 e. The summed E-state index contributed by atoms with van der Waals surface area (Å²) in [7, 11) is 0. The highest BCUT2D eigenvalue weighted by Crippen LogP contribution is 2.62. The van der Waals surface area contributed by atoms with Crippen LogP contribution in [0.2, 0.25) is 5.02 Å². The lowest BCUT2D eigenvalue weighted by atomic mass is 9.97. The third kappa shape index (κ3) is 2.11. The second-order valence-corrected chi connectivity index (χ2v) is 5.86. The minimum Gasteiger partial charge on any atom is -0.310 e. The number of benzene rings is 1. The first kappa shape index (κ1) is 11.6. The van der Waals surface area contributed by atoms with Gasteiger partial charge in [0.05, 0.1) is 0 Å². The SMILES string of the molecule is CCNC(c1ccc(Cl)cc1)C1C2CCCC21. The third-order valence-electron chi connectivity index (χ3n) is 4.51. The molecule has 2 fully saturated rings. The number of halogens is 1. The van der Waals surface area contributed by atoms with Crippen LogP contribution in [0.25, 0.3) is 0 Å². The van der Waals surface area contributed by atoms with E-state index in [4.69, 9.17) is 11.6 Å². The first-order valence-electron chi connectivity index (χ1n) is 6.80. The summed E-state index contributed by atoms with van der Waals surface area (Å²) in [6.45, 7) is 3.24. The number of fused-ring (bicyclic) bond motifs is 1. The normalized spacial score (nSPS) is 32.2. The molecule has 3 rings (SSSR count). The monoisotopic (exact) mass is 249 g/mol. The second kappa shape index (κ2) is 4.62. The molecule has 0 bridgehead atoms. The van der Waals surface area contributed by atoms with Crippen molar-refractivity contribution in [2.24, 2.45) is 17.8 Å². The highest BCUT2D eigenvalue weighted by atomic mass is 35.5. The molecule has 2 saturated carbocycles. The third-order valence-corrected chi connectivity index (χ3v) is 4.76. The summed E-state index contributed by atoms with van der Waals surface area (Å²) in [5, 5.41) is 4.50. The van der Waals surface area contributed by atoms with Crippen LogP contribution in [0.1, 0.15) is 37.8 Å². The smallest absolute Gasteiger partial charge is 0.0406 e. The first-order chi connectivity index (χ1) is 8.31. The fourth-order valence-corrected chi connectivity index (χ4v) is 3.86. The molecule has 0 aliphatic heterocycles. The molecule has 1 aromatic rings. The Labute approximate surface area is 109 Å². The summed E-state index contributed by atoms with van der Waals surface area (Å²) in [4.78, 5) is 0. The molecule has 0 spiro atoms. The molecule has 92 valence electrons. The van der Waals surface area contributed by atoms with Gasteiger partial charge in [-0.2, -0.15) is 0 Å². The van der Waals surface area contributed by atoms with Crippen LogP contribution >= 0.6 is 11.6 Å². The van der Waals surface area contributed by atoms with Gasteiger partial charge in [-0.25, -0.2) is 0 Å². The van der Waals surface area contributed by atoms with E-state index in [0.717, 1.165) is 29.3 Å². The molecule has 0 radical (unpaired) electrons. The maximum Gasteiger partial charge on any atom is 0.0406 e. The number of nitrogens with one attached hydrogen (secondary N) is 1. The molecular weight excluding hydrogens is 230 g/mol. The Bertz CT molecular complexity index is 376. The zero-order chi connectivity index (χ0) is 11.8. The lowest BCUT2D eigenvalue weighted by molar-refractivity contribution is 0.426. The minimum atomic E-state index is 0.549. The molecule has 2 aliphatic rings. The van der Waals surface area contributed by atoms with E-state index >= 15 is 0 Å². The Morgan fingerprint density at radius 2 is 1.88 bits per heavy atom. The van der Waals surface area contributed by atoms with E-state index in [9.17, 15) is 0 Å². The van der Waals surface area contributed by atoms with E-state index in [1.165, 1.54) is 24.8 Å². The fourth-order valence-electron chi connectivity index (χ4n) is 3.74. The molecule has 3 atom stereocenters. The topological polar surface area (TPSA) is 12.0 Å². The summed E-state index contributed by atoms with van der Waals surface area (Å²) in [5.74, 6) is 2.87. The standard InChI is InChI=1S/C15H20ClN/c1-2-17-15(10-6-8-11(16)9-7-10)14-12-4-3-5-13(12)14/h6-9,12-15,17H,2-5H2,1H3. The molecule has 2 aliphatic carbocycles. The number of hydrogen-bond acceptors (Lipinski definition) is 1. The van der Waals surface area contributed by atoms with Gasteiger partial charge in [0.15, 0.2) is 0 Å². The van der Waals surface area contributed by atoms with Gasteiger partial charge >= 0.3 is 0 Å². The van der Waals surface area contributed by atoms with Crippen molar-refractivity contribution >= 4 is 11.6 Å². The molecule has 0 heterocycles. The zero-order valence-electron chi connectivity index (χ0n) is 10.3. The van der Waals surface area contributed by atoms with E-state index in [-0.39, 0.29) is 0 Å². The minimum absolute atomic E-state index is 0.549. The molecule has 3 unspecified atom stereocenters. The van der Waals surface area contributed by atoms with Crippen LogP contribution in [-0.2, 0) is 0 Å². The Kier molecular flexibility index (Phi) is 3.14. The fraction of sp³-hybridized carbons (Fsp3) is 0.600. The van der Waals surface area contributed by atoms with Crippen LogP contribution in [0, 0.1) is 17.8 Å². The summed E-state index contributed by atoms with van der Waals surface area (Å²) < 4.78 is 0. The predicted molar refractivity (Wildman–Crippen MR) is 72.2 cm³/mol. The van der Waals surface area contributed by atoms with Crippen molar-refractivity contribution in [2.45, 2.75) is 32.2 Å². The van der Waals surface area contributed by atoms with Crippen molar-refractivity contribution in [3.05, 3.63) is 34.9 Å². The van der Waals surface area contributed by atoms with Gasteiger partial charge in [0.1, 0.15) is 0 Å². The van der Waals surface area contributed by atoms with Crippen molar-refractivity contribution in [3.63, 3.8) is 0 Å². The van der Waals surface area contributed by atoms with Gasteiger partial charge in [-0.1, -0.05) is 37.1 Å². The average molecular weight is 250 g/mol. The summed E-state index contributed by atoms with van der Waals surface area (Å²) in [6.07, 6.45) is 4.35. The Morgan fingerprint density at radius 1 is 1.24 bits per heavy atom. The Hall–Kier alpha value is -0.530. The van der Waals surface area contributed by atoms with E-state index in [0.29, 0.717) is 6.04 Å². The molecule has 1 nitrogen and oxygen atoms in total. The summed E-state index contributed by atoms with van der Waals surface area (Å²) >= 11 is 5.96. The van der Waals surface area contributed by atoms with Gasteiger partial charge < -0.3 is 5.32 Å². The van der Waals surface area contributed by atoms with Crippen molar-refractivity contribution in [1.82, 2.24) is 5.32 Å². The summed E-state index contributed by atoms with van der Waals surface area (Å²) in [6, 6.07) is 8.94. The van der Waals surface area contributed by atoms with Gasteiger partial charge in [0.2, 0.25) is 0 Å². The van der Waals surface area contributed by atoms with Crippen LogP contribution in [0.15, 0.2) is 24.3 Å². The molecular formula is C15H20ClN. The van der Waals surface area contributed by atoms with Crippen LogP contribution < -0.4 is 5.32 Å². The first-order valence-corrected chi connectivity index (χ1v) is 7.18. The van der Waals surface area contributed by atoms with E-state index in [2.05, 4.69) is 24.4 Å². The van der Waals surface area contributed by atoms with Crippen LogP contribution in [0.4, 0.5) is 0 Å². The molecule has 0 aromatic heterocycles. The molecule has 2 heteroatoms. The average Bonchev–Trinajstić information content (AvgIpc) is 2.80. The van der Waals surface area contributed by atoms with E-state index in [1.807, 2.05) is 12.1 Å². The maximum absolute atomic E-state index is 5.96. The lowest BCUT2D eigenvalue weighted by Crippen LogP contribution is -2.24. The van der Waals surface area contributed by atoms with E-state index in [1.54, 1.807) is 0 Å². The molecule has 1 aromatic carbocycles. The zero-order valence-corrected chi connectivity index (χ0v) is 11.1. The van der Waals surface area contributed by atoms with Gasteiger partial charge in [-0.3, -0.25) is 0 Å². The van der Waals surface area contributed by atoms with Crippen LogP contribution in [0.3, 0.4) is 0 Å². The molecule has 0 saturated heterocycles. The molecule has 0 amide bonds. The highest BCUT2D eigenvalue weighted by Gasteiger charge is 2.55. The number of hydrogen-bond donors (Lipinski definition) is 1. The highest BCUT2D eigenvalue weighted by molar-refractivity contribution is 6.30. The summed E-state index contributed by atoms with van der Waals surface area (Å²) in [5.41, 5.74) is 1.41. The quantitative estimate of drug-likeness (QED) is 0.849. The second-order valence-electron chi connectivity index (χ2n) is 5.42. The van der Waals surface area contributed by atoms with Crippen molar-refractivity contribution in [3.8, 4) is 0 Å². The van der Waals surface area contributed by atoms with Crippen molar-refractivity contribution < 1.29 is 0 Å². The molecule has 17 heavy (non-hydrogen) atoms. The van der Waals surface area contributed by atoms with Crippen molar-refractivity contribution in [2.75, 3.05) is 6.54 Å². The van der Waals surface area contributed by atoms with Gasteiger partial charge in [-0.15, -0.1) is 0 Å². The van der Waals surface area contributed by atoms with Gasteiger partial charge in [-0.05, 0) is 54.8 Å².